The monoisotopic (exact) mass is 274 g/mol. The highest BCUT2D eigenvalue weighted by molar-refractivity contribution is 5.44. The molecule has 0 bridgehead atoms. The second-order valence-corrected chi connectivity index (χ2v) is 5.04. The maximum atomic E-state index is 10.7. The summed E-state index contributed by atoms with van der Waals surface area (Å²) in [5.74, 6) is 2.35. The molecule has 0 saturated carbocycles. The van der Waals surface area contributed by atoms with Crippen molar-refractivity contribution in [2.24, 2.45) is 0 Å². The van der Waals surface area contributed by atoms with E-state index in [0.717, 1.165) is 40.4 Å². The highest BCUT2D eigenvalue weighted by atomic mass is 16.5. The molecule has 0 radical (unpaired) electrons. The summed E-state index contributed by atoms with van der Waals surface area (Å²) in [6, 6.07) is 7.62. The van der Waals surface area contributed by atoms with Gasteiger partial charge in [0, 0.05) is 11.1 Å². The summed E-state index contributed by atoms with van der Waals surface area (Å²) in [6.45, 7) is 8.48. The van der Waals surface area contributed by atoms with E-state index in [1.807, 2.05) is 45.0 Å². The third-order valence-corrected chi connectivity index (χ3v) is 3.57. The van der Waals surface area contributed by atoms with Gasteiger partial charge in [0.2, 0.25) is 0 Å². The molecule has 1 atom stereocenters. The number of aliphatic hydroxyl groups excluding tert-OH is 1. The zero-order valence-corrected chi connectivity index (χ0v) is 12.6. The first-order chi connectivity index (χ1) is 9.56. The van der Waals surface area contributed by atoms with Gasteiger partial charge in [0.1, 0.15) is 23.4 Å². The Hall–Kier alpha value is -1.74. The standard InChI is InChI=1S/C17H22O3/c1-5-10-19-15-9-7-6-8-14(15)17(18)16-11(2)12(3)20-13(16)4/h6-9,17-18H,5,10H2,1-4H3. The summed E-state index contributed by atoms with van der Waals surface area (Å²) >= 11 is 0. The lowest BCUT2D eigenvalue weighted by Gasteiger charge is -2.16. The van der Waals surface area contributed by atoms with Crippen molar-refractivity contribution >= 4 is 0 Å². The average Bonchev–Trinajstić information content (AvgIpc) is 2.69. The lowest BCUT2D eigenvalue weighted by atomic mass is 9.97. The number of rotatable bonds is 5. The van der Waals surface area contributed by atoms with Gasteiger partial charge in [-0.05, 0) is 38.8 Å². The van der Waals surface area contributed by atoms with E-state index in [4.69, 9.17) is 9.15 Å². The van der Waals surface area contributed by atoms with Gasteiger partial charge in [0.15, 0.2) is 0 Å². The lowest BCUT2D eigenvalue weighted by molar-refractivity contribution is 0.208. The Morgan fingerprint density at radius 2 is 1.85 bits per heavy atom. The van der Waals surface area contributed by atoms with Crippen LogP contribution in [0.3, 0.4) is 0 Å². The van der Waals surface area contributed by atoms with Gasteiger partial charge >= 0.3 is 0 Å². The number of benzene rings is 1. The van der Waals surface area contributed by atoms with E-state index < -0.39 is 6.10 Å². The Morgan fingerprint density at radius 1 is 1.15 bits per heavy atom. The van der Waals surface area contributed by atoms with Crippen LogP contribution in [0.15, 0.2) is 28.7 Å². The van der Waals surface area contributed by atoms with Crippen molar-refractivity contribution in [3.63, 3.8) is 0 Å². The molecule has 0 aliphatic heterocycles. The highest BCUT2D eigenvalue weighted by Gasteiger charge is 2.23. The van der Waals surface area contributed by atoms with Gasteiger partial charge in [-0.25, -0.2) is 0 Å². The molecule has 1 aromatic heterocycles. The summed E-state index contributed by atoms with van der Waals surface area (Å²) in [7, 11) is 0. The van der Waals surface area contributed by atoms with Crippen molar-refractivity contribution in [1.29, 1.82) is 0 Å². The van der Waals surface area contributed by atoms with Gasteiger partial charge in [-0.3, -0.25) is 0 Å². The molecule has 1 aromatic carbocycles. The van der Waals surface area contributed by atoms with Crippen molar-refractivity contribution < 1.29 is 14.3 Å². The van der Waals surface area contributed by atoms with Gasteiger partial charge in [-0.2, -0.15) is 0 Å². The number of hydrogen-bond acceptors (Lipinski definition) is 3. The highest BCUT2D eigenvalue weighted by Crippen LogP contribution is 2.35. The Kier molecular flexibility index (Phi) is 4.50. The Labute approximate surface area is 120 Å². The molecular weight excluding hydrogens is 252 g/mol. The van der Waals surface area contributed by atoms with E-state index in [1.165, 1.54) is 0 Å². The molecule has 3 nitrogen and oxygen atoms in total. The maximum Gasteiger partial charge on any atom is 0.125 e. The van der Waals surface area contributed by atoms with E-state index in [-0.39, 0.29) is 0 Å². The molecule has 2 aromatic rings. The first-order valence-electron chi connectivity index (χ1n) is 7.02. The van der Waals surface area contributed by atoms with Crippen LogP contribution in [0.2, 0.25) is 0 Å². The third-order valence-electron chi connectivity index (χ3n) is 3.57. The fraction of sp³-hybridized carbons (Fsp3) is 0.412. The molecule has 1 heterocycles. The third kappa shape index (κ3) is 2.73. The Bertz CT molecular complexity index is 584. The molecule has 1 N–H and O–H groups in total. The van der Waals surface area contributed by atoms with Crippen LogP contribution in [0.25, 0.3) is 0 Å². The lowest BCUT2D eigenvalue weighted by Crippen LogP contribution is -2.06. The van der Waals surface area contributed by atoms with Crippen molar-refractivity contribution in [2.75, 3.05) is 6.61 Å². The Balaban J connectivity index is 2.40. The summed E-state index contributed by atoms with van der Waals surface area (Å²) in [5.41, 5.74) is 2.63. The number of ether oxygens (including phenoxy) is 1. The van der Waals surface area contributed by atoms with Crippen molar-refractivity contribution in [2.45, 2.75) is 40.2 Å². The summed E-state index contributed by atoms with van der Waals surface area (Å²) in [4.78, 5) is 0. The van der Waals surface area contributed by atoms with Crippen LogP contribution >= 0.6 is 0 Å². The molecule has 0 aliphatic rings. The second kappa shape index (κ2) is 6.14. The number of hydrogen-bond donors (Lipinski definition) is 1. The summed E-state index contributed by atoms with van der Waals surface area (Å²) < 4.78 is 11.3. The quantitative estimate of drug-likeness (QED) is 0.893. The largest absolute Gasteiger partial charge is 0.493 e. The zero-order valence-electron chi connectivity index (χ0n) is 12.6. The smallest absolute Gasteiger partial charge is 0.125 e. The van der Waals surface area contributed by atoms with E-state index in [0.29, 0.717) is 6.61 Å². The van der Waals surface area contributed by atoms with Gasteiger partial charge in [-0.15, -0.1) is 0 Å². The topological polar surface area (TPSA) is 42.6 Å². The fourth-order valence-corrected chi connectivity index (χ4v) is 2.42. The predicted octanol–water partition coefficient (Wildman–Crippen LogP) is 4.08. The molecule has 108 valence electrons. The SMILES string of the molecule is CCCOc1ccccc1C(O)c1c(C)oc(C)c1C. The predicted molar refractivity (Wildman–Crippen MR) is 79.2 cm³/mol. The van der Waals surface area contributed by atoms with E-state index in [2.05, 4.69) is 6.92 Å². The molecule has 3 heteroatoms. The van der Waals surface area contributed by atoms with E-state index in [9.17, 15) is 5.11 Å². The normalized spacial score (nSPS) is 12.4. The van der Waals surface area contributed by atoms with Crippen molar-refractivity contribution in [1.82, 2.24) is 0 Å². The second-order valence-electron chi connectivity index (χ2n) is 5.04. The van der Waals surface area contributed by atoms with Crippen molar-refractivity contribution in [3.8, 4) is 5.75 Å². The number of furan rings is 1. The summed E-state index contributed by atoms with van der Waals surface area (Å²) in [5, 5.41) is 10.7. The molecule has 0 amide bonds. The molecule has 20 heavy (non-hydrogen) atoms. The molecule has 0 aliphatic carbocycles. The first-order valence-corrected chi connectivity index (χ1v) is 7.02. The van der Waals surface area contributed by atoms with Crippen LogP contribution < -0.4 is 4.74 Å². The minimum absolute atomic E-state index is 0.645. The van der Waals surface area contributed by atoms with E-state index >= 15 is 0 Å². The zero-order chi connectivity index (χ0) is 14.7. The number of aliphatic hydroxyl groups is 1. The number of para-hydroxylation sites is 1. The minimum atomic E-state index is -0.722. The van der Waals surface area contributed by atoms with Gasteiger partial charge < -0.3 is 14.3 Å². The van der Waals surface area contributed by atoms with Gasteiger partial charge in [0.05, 0.1) is 6.61 Å². The van der Waals surface area contributed by atoms with Crippen LogP contribution in [-0.4, -0.2) is 11.7 Å². The molecule has 1 unspecified atom stereocenters. The average molecular weight is 274 g/mol. The Morgan fingerprint density at radius 3 is 2.45 bits per heavy atom. The van der Waals surface area contributed by atoms with Crippen molar-refractivity contribution in [3.05, 3.63) is 52.5 Å². The molecule has 0 saturated heterocycles. The first kappa shape index (κ1) is 14.7. The van der Waals surface area contributed by atoms with Gasteiger partial charge in [0.25, 0.3) is 0 Å². The number of aryl methyl sites for hydroxylation is 2. The van der Waals surface area contributed by atoms with Gasteiger partial charge in [-0.1, -0.05) is 25.1 Å². The van der Waals surface area contributed by atoms with E-state index in [1.54, 1.807) is 0 Å². The molecule has 0 spiro atoms. The molecular formula is C17H22O3. The van der Waals surface area contributed by atoms with Crippen LogP contribution in [0.5, 0.6) is 5.75 Å². The molecule has 2 rings (SSSR count). The minimum Gasteiger partial charge on any atom is -0.493 e. The van der Waals surface area contributed by atoms with Crippen LogP contribution in [-0.2, 0) is 0 Å². The van der Waals surface area contributed by atoms with Crippen LogP contribution in [0.4, 0.5) is 0 Å². The fourth-order valence-electron chi connectivity index (χ4n) is 2.42. The maximum absolute atomic E-state index is 10.7. The van der Waals surface area contributed by atoms with Crippen LogP contribution in [0, 0.1) is 20.8 Å². The molecule has 0 fully saturated rings. The van der Waals surface area contributed by atoms with Crippen LogP contribution in [0.1, 0.15) is 47.7 Å². The summed E-state index contributed by atoms with van der Waals surface area (Å²) in [6.07, 6.45) is 0.216.